The summed E-state index contributed by atoms with van der Waals surface area (Å²) in [6.45, 7) is 4.47. The van der Waals surface area contributed by atoms with Crippen LogP contribution in [0.4, 0.5) is 26.3 Å². The van der Waals surface area contributed by atoms with Crippen LogP contribution in [0, 0.1) is 0 Å². The van der Waals surface area contributed by atoms with Gasteiger partial charge < -0.3 is 28.9 Å². The lowest BCUT2D eigenvalue weighted by Crippen LogP contribution is -2.69. The Bertz CT molecular complexity index is 1840. The molecule has 2 fully saturated rings. The average molecular weight is 832 g/mol. The Hall–Kier alpha value is -3.48. The summed E-state index contributed by atoms with van der Waals surface area (Å²) in [5, 5.41) is 1.67. The molecule has 3 aliphatic heterocycles. The van der Waals surface area contributed by atoms with Crippen LogP contribution in [-0.4, -0.2) is 128 Å². The van der Waals surface area contributed by atoms with Crippen molar-refractivity contribution < 1.29 is 50.1 Å². The number of piperazine rings is 1. The van der Waals surface area contributed by atoms with Gasteiger partial charge in [0.2, 0.25) is 5.60 Å². The first-order chi connectivity index (χ1) is 26.7. The lowest BCUT2D eigenvalue weighted by molar-refractivity contribution is -0.164. The molecule has 0 bridgehead atoms. The van der Waals surface area contributed by atoms with Crippen molar-refractivity contribution in [3.63, 3.8) is 0 Å². The number of ether oxygens (including phenoxy) is 3. The summed E-state index contributed by atoms with van der Waals surface area (Å²) in [6, 6.07) is 6.09. The van der Waals surface area contributed by atoms with E-state index in [9.17, 15) is 31.1 Å². The van der Waals surface area contributed by atoms with Crippen molar-refractivity contribution >= 4 is 34.8 Å². The first kappa shape index (κ1) is 42.1. The molecule has 2 amide bonds. The van der Waals surface area contributed by atoms with Gasteiger partial charge in [-0.05, 0) is 54.7 Å². The van der Waals surface area contributed by atoms with E-state index in [1.807, 2.05) is 6.07 Å². The first-order valence-electron chi connectivity index (χ1n) is 18.4. The molecule has 2 aromatic heterocycles. The third-order valence-corrected chi connectivity index (χ3v) is 12.0. The standard InChI is InChI=1S/C38H44ClF6N5O5S/c1-53-20-19-48-17-15-47(16-18-48)13-9-31-36(55-27-22-32(56-24-27)38(43,44)45,10-4-12-50(31)34(51)33-29(37(40,41)42)5-3-11-46-33)35(52)49-14-8-25-21-26(39)6-7-28(25)30(49)23-54-2/h3,5-7,11,21-22,24,30-31H,4,8-10,12-20,23H2,1-2H3/t30?,31-,36-/m1/s1. The number of benzene rings is 1. The van der Waals surface area contributed by atoms with Crippen molar-refractivity contribution in [2.45, 2.75) is 55.7 Å². The van der Waals surface area contributed by atoms with E-state index in [2.05, 4.69) is 14.8 Å². The number of aromatic nitrogens is 1. The van der Waals surface area contributed by atoms with Crippen LogP contribution < -0.4 is 4.74 Å². The summed E-state index contributed by atoms with van der Waals surface area (Å²) in [7, 11) is 3.11. The number of piperidine rings is 1. The summed E-state index contributed by atoms with van der Waals surface area (Å²) < 4.78 is 102. The lowest BCUT2D eigenvalue weighted by Gasteiger charge is -2.51. The van der Waals surface area contributed by atoms with Crippen LogP contribution in [0.5, 0.6) is 5.75 Å². The maximum Gasteiger partial charge on any atom is 0.425 e. The van der Waals surface area contributed by atoms with Gasteiger partial charge in [-0.1, -0.05) is 17.7 Å². The number of pyridine rings is 1. The Morgan fingerprint density at radius 1 is 0.929 bits per heavy atom. The van der Waals surface area contributed by atoms with Gasteiger partial charge in [-0.25, -0.2) is 0 Å². The number of halogens is 7. The van der Waals surface area contributed by atoms with Crippen LogP contribution in [0.3, 0.4) is 0 Å². The monoisotopic (exact) mass is 831 g/mol. The molecule has 2 saturated heterocycles. The molecule has 1 aromatic carbocycles. The third kappa shape index (κ3) is 9.12. The Balaban J connectivity index is 1.45. The molecular formula is C38H44ClF6N5O5S. The zero-order valence-electron chi connectivity index (χ0n) is 31.0. The second-order valence-electron chi connectivity index (χ2n) is 14.2. The highest BCUT2D eigenvalue weighted by molar-refractivity contribution is 7.10. The topological polar surface area (TPSA) is 87.7 Å². The van der Waals surface area contributed by atoms with E-state index in [0.717, 1.165) is 47.4 Å². The molecule has 0 radical (unpaired) electrons. The van der Waals surface area contributed by atoms with Gasteiger partial charge in [0.1, 0.15) is 16.3 Å². The molecule has 1 unspecified atom stereocenters. The van der Waals surface area contributed by atoms with Crippen LogP contribution in [0.25, 0.3) is 0 Å². The van der Waals surface area contributed by atoms with Gasteiger partial charge in [0.15, 0.2) is 0 Å². The molecule has 10 nitrogen and oxygen atoms in total. The SMILES string of the molecule is COCCN1CCN(CC[C@H]2N(C(=O)c3ncccc3C(F)(F)F)CCC[C@]2(Oc2csc(C(F)(F)F)c2)C(=O)N2CCc3cc(Cl)ccc3C2COC)CC1. The summed E-state index contributed by atoms with van der Waals surface area (Å²) in [4.78, 5) is 40.1. The van der Waals surface area contributed by atoms with E-state index >= 15 is 4.79 Å². The van der Waals surface area contributed by atoms with Gasteiger partial charge in [0.25, 0.3) is 11.8 Å². The minimum atomic E-state index is -4.92. The highest BCUT2D eigenvalue weighted by atomic mass is 35.5. The van der Waals surface area contributed by atoms with Crippen molar-refractivity contribution in [1.82, 2.24) is 24.6 Å². The third-order valence-electron chi connectivity index (χ3n) is 10.8. The van der Waals surface area contributed by atoms with Gasteiger partial charge in [0.05, 0.1) is 30.9 Å². The molecule has 3 aliphatic rings. The largest absolute Gasteiger partial charge is 0.474 e. The Labute approximate surface area is 330 Å². The van der Waals surface area contributed by atoms with Crippen molar-refractivity contribution in [1.29, 1.82) is 0 Å². The second-order valence-corrected chi connectivity index (χ2v) is 15.5. The van der Waals surface area contributed by atoms with E-state index in [1.165, 1.54) is 12.0 Å². The number of carbonyl (C=O) groups is 2. The molecule has 306 valence electrons. The summed E-state index contributed by atoms with van der Waals surface area (Å²) in [5.74, 6) is -1.90. The molecule has 0 aliphatic carbocycles. The molecule has 3 aromatic rings. The number of rotatable bonds is 12. The number of likely N-dealkylation sites (tertiary alicyclic amines) is 1. The molecule has 0 saturated carbocycles. The summed E-state index contributed by atoms with van der Waals surface area (Å²) in [5.41, 5.74) is -2.44. The number of fused-ring (bicyclic) bond motifs is 1. The van der Waals surface area contributed by atoms with Crippen molar-refractivity contribution in [3.05, 3.63) is 80.3 Å². The molecule has 0 spiro atoms. The van der Waals surface area contributed by atoms with Crippen molar-refractivity contribution in [3.8, 4) is 5.75 Å². The minimum absolute atomic E-state index is 0.0275. The number of hydrogen-bond acceptors (Lipinski definition) is 9. The van der Waals surface area contributed by atoms with Crippen LogP contribution in [-0.2, 0) is 33.0 Å². The second kappa shape index (κ2) is 17.6. The van der Waals surface area contributed by atoms with Gasteiger partial charge in [-0.15, -0.1) is 11.3 Å². The van der Waals surface area contributed by atoms with Gasteiger partial charge in [-0.2, -0.15) is 26.3 Å². The summed E-state index contributed by atoms with van der Waals surface area (Å²) in [6.07, 6.45) is -8.00. The minimum Gasteiger partial charge on any atom is -0.474 e. The smallest absolute Gasteiger partial charge is 0.425 e. The molecule has 0 N–H and O–H groups in total. The zero-order valence-corrected chi connectivity index (χ0v) is 32.6. The highest BCUT2D eigenvalue weighted by Gasteiger charge is 2.57. The molecule has 5 heterocycles. The quantitative estimate of drug-likeness (QED) is 0.187. The Morgan fingerprint density at radius 3 is 2.32 bits per heavy atom. The Morgan fingerprint density at radius 2 is 1.66 bits per heavy atom. The predicted molar refractivity (Wildman–Crippen MR) is 197 cm³/mol. The van der Waals surface area contributed by atoms with Gasteiger partial charge in [-0.3, -0.25) is 19.5 Å². The van der Waals surface area contributed by atoms with Gasteiger partial charge in [0, 0.05) is 95.7 Å². The molecule has 3 atom stereocenters. The molecule has 18 heteroatoms. The number of amides is 2. The molecular weight excluding hydrogens is 788 g/mol. The van der Waals surface area contributed by atoms with E-state index in [-0.39, 0.29) is 44.7 Å². The van der Waals surface area contributed by atoms with E-state index < -0.39 is 58.0 Å². The molecule has 56 heavy (non-hydrogen) atoms. The number of nitrogens with zero attached hydrogens (tertiary/aromatic N) is 5. The van der Waals surface area contributed by atoms with Crippen LogP contribution in [0.2, 0.25) is 5.02 Å². The first-order valence-corrected chi connectivity index (χ1v) is 19.6. The number of hydrogen-bond donors (Lipinski definition) is 0. The van der Waals surface area contributed by atoms with Gasteiger partial charge >= 0.3 is 12.4 Å². The van der Waals surface area contributed by atoms with Crippen molar-refractivity contribution in [2.24, 2.45) is 0 Å². The highest BCUT2D eigenvalue weighted by Crippen LogP contribution is 2.44. The normalized spacial score (nSPS) is 22.6. The van der Waals surface area contributed by atoms with Crippen LogP contribution in [0.1, 0.15) is 57.4 Å². The number of thiophene rings is 1. The van der Waals surface area contributed by atoms with E-state index in [4.69, 9.17) is 25.8 Å². The van der Waals surface area contributed by atoms with Crippen molar-refractivity contribution in [2.75, 3.05) is 79.8 Å². The Kier molecular flexibility index (Phi) is 13.2. The fourth-order valence-electron chi connectivity index (χ4n) is 8.07. The fourth-order valence-corrected chi connectivity index (χ4v) is 8.94. The number of alkyl halides is 6. The number of carbonyl (C=O) groups excluding carboxylic acids is 2. The maximum atomic E-state index is 15.5. The molecule has 6 rings (SSSR count). The average Bonchev–Trinajstić information content (AvgIpc) is 3.65. The maximum absolute atomic E-state index is 15.5. The van der Waals surface area contributed by atoms with E-state index in [0.29, 0.717) is 62.1 Å². The van der Waals surface area contributed by atoms with E-state index in [1.54, 1.807) is 24.1 Å². The zero-order chi connectivity index (χ0) is 40.3. The predicted octanol–water partition coefficient (Wildman–Crippen LogP) is 6.68. The lowest BCUT2D eigenvalue weighted by atomic mass is 9.79. The number of methoxy groups -OCH3 is 2. The van der Waals surface area contributed by atoms with Crippen LogP contribution in [0.15, 0.2) is 48.0 Å². The summed E-state index contributed by atoms with van der Waals surface area (Å²) >= 11 is 6.71. The fraction of sp³-hybridized carbons (Fsp3) is 0.553. The van der Waals surface area contributed by atoms with Crippen LogP contribution >= 0.6 is 22.9 Å².